The van der Waals surface area contributed by atoms with Crippen molar-refractivity contribution >= 4 is 17.7 Å². The van der Waals surface area contributed by atoms with Crippen molar-refractivity contribution in [2.24, 2.45) is 0 Å². The highest BCUT2D eigenvalue weighted by Gasteiger charge is 2.25. The van der Waals surface area contributed by atoms with Gasteiger partial charge in [0.15, 0.2) is 11.0 Å². The van der Waals surface area contributed by atoms with Gasteiger partial charge in [0.25, 0.3) is 5.91 Å². The van der Waals surface area contributed by atoms with E-state index in [1.54, 1.807) is 43.1 Å². The largest absolute Gasteiger partial charge is 0.497 e. The van der Waals surface area contributed by atoms with Crippen LogP contribution in [0.5, 0.6) is 5.75 Å². The van der Waals surface area contributed by atoms with Gasteiger partial charge in [0.05, 0.1) is 13.2 Å². The highest BCUT2D eigenvalue weighted by molar-refractivity contribution is 7.98. The molecule has 0 bridgehead atoms. The smallest absolute Gasteiger partial charge is 0.251 e. The minimum atomic E-state index is -0.417. The Bertz CT molecular complexity index is 1560. The average Bonchev–Trinajstić information content (AvgIpc) is 3.40. The molecule has 4 aromatic carbocycles. The third kappa shape index (κ3) is 6.61. The molecule has 0 spiro atoms. The Morgan fingerprint density at radius 3 is 2.27 bits per heavy atom. The van der Waals surface area contributed by atoms with E-state index in [1.165, 1.54) is 16.7 Å². The average molecular weight is 549 g/mol. The number of rotatable bonds is 10. The summed E-state index contributed by atoms with van der Waals surface area (Å²) in [6.07, 6.45) is 0.565. The quantitative estimate of drug-likeness (QED) is 0.192. The molecule has 202 valence electrons. The number of benzene rings is 4. The lowest BCUT2D eigenvalue weighted by molar-refractivity contribution is 0.0934. The second-order valence-electron chi connectivity index (χ2n) is 9.73. The number of carbonyl (C=O) groups is 1. The van der Waals surface area contributed by atoms with Crippen LogP contribution in [0.15, 0.2) is 108 Å². The van der Waals surface area contributed by atoms with Gasteiger partial charge in [-0.25, -0.2) is 0 Å². The zero-order valence-corrected chi connectivity index (χ0v) is 23.7. The lowest BCUT2D eigenvalue weighted by Gasteiger charge is -2.20. The fourth-order valence-corrected chi connectivity index (χ4v) is 5.43. The predicted molar refractivity (Wildman–Crippen MR) is 160 cm³/mol. The molecule has 1 atom stereocenters. The highest BCUT2D eigenvalue weighted by atomic mass is 32.2. The SMILES string of the molecule is COc1ccc(C(=O)NC(Cc2ccccc2)c2nnc(SCc3cccc(C)c3)n2-c2ccc(C)cc2)cc1. The van der Waals surface area contributed by atoms with E-state index < -0.39 is 6.04 Å². The maximum Gasteiger partial charge on any atom is 0.251 e. The summed E-state index contributed by atoms with van der Waals surface area (Å²) in [5, 5.41) is 13.3. The molecule has 7 heteroatoms. The van der Waals surface area contributed by atoms with Crippen LogP contribution in [0.2, 0.25) is 0 Å². The maximum absolute atomic E-state index is 13.4. The lowest BCUT2D eigenvalue weighted by Crippen LogP contribution is -2.32. The molecule has 5 aromatic rings. The van der Waals surface area contributed by atoms with Crippen LogP contribution < -0.4 is 10.1 Å². The van der Waals surface area contributed by atoms with Gasteiger partial charge in [-0.3, -0.25) is 9.36 Å². The maximum atomic E-state index is 13.4. The number of carbonyl (C=O) groups excluding carboxylic acids is 1. The van der Waals surface area contributed by atoms with Crippen molar-refractivity contribution < 1.29 is 9.53 Å². The summed E-state index contributed by atoms with van der Waals surface area (Å²) in [5.41, 5.74) is 6.21. The van der Waals surface area contributed by atoms with Crippen LogP contribution in [-0.4, -0.2) is 27.8 Å². The molecular weight excluding hydrogens is 516 g/mol. The summed E-state index contributed by atoms with van der Waals surface area (Å²) >= 11 is 1.63. The van der Waals surface area contributed by atoms with Crippen LogP contribution in [0, 0.1) is 13.8 Å². The number of aryl methyl sites for hydroxylation is 2. The number of aromatic nitrogens is 3. The molecule has 0 aliphatic rings. The second kappa shape index (κ2) is 12.7. The Balaban J connectivity index is 1.52. The number of hydrogen-bond acceptors (Lipinski definition) is 5. The monoisotopic (exact) mass is 548 g/mol. The van der Waals surface area contributed by atoms with Crippen LogP contribution >= 0.6 is 11.8 Å². The number of methoxy groups -OCH3 is 1. The molecule has 40 heavy (non-hydrogen) atoms. The summed E-state index contributed by atoms with van der Waals surface area (Å²) in [7, 11) is 1.61. The van der Waals surface area contributed by atoms with E-state index in [0.29, 0.717) is 23.6 Å². The molecule has 6 nitrogen and oxygen atoms in total. The number of nitrogens with zero attached hydrogens (tertiary/aromatic N) is 3. The topological polar surface area (TPSA) is 69.0 Å². The lowest BCUT2D eigenvalue weighted by atomic mass is 10.0. The van der Waals surface area contributed by atoms with Crippen molar-refractivity contribution in [2.45, 2.75) is 37.2 Å². The van der Waals surface area contributed by atoms with Crippen LogP contribution in [0.1, 0.15) is 44.5 Å². The zero-order chi connectivity index (χ0) is 27.9. The van der Waals surface area contributed by atoms with Gasteiger partial charge in [0.2, 0.25) is 0 Å². The molecule has 0 radical (unpaired) electrons. The molecule has 5 rings (SSSR count). The third-order valence-electron chi connectivity index (χ3n) is 6.65. The minimum absolute atomic E-state index is 0.184. The molecule has 0 aliphatic heterocycles. The van der Waals surface area contributed by atoms with Gasteiger partial charge in [0.1, 0.15) is 5.75 Å². The van der Waals surface area contributed by atoms with Crippen molar-refractivity contribution in [1.82, 2.24) is 20.1 Å². The second-order valence-corrected chi connectivity index (χ2v) is 10.7. The fraction of sp³-hybridized carbons (Fsp3) is 0.182. The van der Waals surface area contributed by atoms with E-state index in [-0.39, 0.29) is 5.91 Å². The molecule has 1 aromatic heterocycles. The van der Waals surface area contributed by atoms with Gasteiger partial charge in [-0.2, -0.15) is 0 Å². The van der Waals surface area contributed by atoms with Crippen LogP contribution in [0.3, 0.4) is 0 Å². The molecule has 0 aliphatic carbocycles. The van der Waals surface area contributed by atoms with E-state index in [9.17, 15) is 4.79 Å². The van der Waals surface area contributed by atoms with E-state index in [4.69, 9.17) is 4.74 Å². The fourth-order valence-electron chi connectivity index (χ4n) is 4.53. The van der Waals surface area contributed by atoms with Crippen molar-refractivity contribution in [3.8, 4) is 11.4 Å². The standard InChI is InChI=1S/C33H32N4O2S/c1-23-12-16-28(17-13-23)37-31(35-36-33(37)40-22-26-11-7-8-24(2)20-26)30(21-25-9-5-4-6-10-25)34-32(38)27-14-18-29(39-3)19-15-27/h4-20,30H,21-22H2,1-3H3,(H,34,38). The van der Waals surface area contributed by atoms with Crippen molar-refractivity contribution in [3.63, 3.8) is 0 Å². The minimum Gasteiger partial charge on any atom is -0.497 e. The molecule has 1 amide bonds. The van der Waals surface area contributed by atoms with Gasteiger partial charge in [-0.05, 0) is 67.8 Å². The van der Waals surface area contributed by atoms with Crippen molar-refractivity contribution in [3.05, 3.63) is 137 Å². The number of amides is 1. The van der Waals surface area contributed by atoms with Gasteiger partial charge in [-0.1, -0.05) is 89.6 Å². The van der Waals surface area contributed by atoms with Crippen LogP contribution in [0.25, 0.3) is 5.69 Å². The first-order valence-electron chi connectivity index (χ1n) is 13.2. The molecule has 1 heterocycles. The predicted octanol–water partition coefficient (Wildman–Crippen LogP) is 6.90. The number of thioether (sulfide) groups is 1. The number of ether oxygens (including phenoxy) is 1. The summed E-state index contributed by atoms with van der Waals surface area (Å²) < 4.78 is 7.33. The first-order valence-corrected chi connectivity index (χ1v) is 14.2. The molecule has 0 saturated heterocycles. The molecule has 0 saturated carbocycles. The summed E-state index contributed by atoms with van der Waals surface area (Å²) in [5.74, 6) is 1.96. The molecule has 1 N–H and O–H groups in total. The van der Waals surface area contributed by atoms with Gasteiger partial charge < -0.3 is 10.1 Å². The van der Waals surface area contributed by atoms with Gasteiger partial charge >= 0.3 is 0 Å². The molecule has 0 fully saturated rings. The normalized spacial score (nSPS) is 11.7. The van der Waals surface area contributed by atoms with Gasteiger partial charge in [-0.15, -0.1) is 10.2 Å². The first kappa shape index (κ1) is 27.2. The summed E-state index contributed by atoms with van der Waals surface area (Å²) in [6.45, 7) is 4.16. The first-order chi connectivity index (χ1) is 19.5. The highest BCUT2D eigenvalue weighted by Crippen LogP contribution is 2.29. The summed E-state index contributed by atoms with van der Waals surface area (Å²) in [4.78, 5) is 13.4. The Kier molecular flexibility index (Phi) is 8.62. The van der Waals surface area contributed by atoms with E-state index in [2.05, 4.69) is 94.6 Å². The third-order valence-corrected chi connectivity index (χ3v) is 7.65. The van der Waals surface area contributed by atoms with Crippen LogP contribution in [-0.2, 0) is 12.2 Å². The van der Waals surface area contributed by atoms with Crippen LogP contribution in [0.4, 0.5) is 0 Å². The summed E-state index contributed by atoms with van der Waals surface area (Å²) in [6, 6.07) is 33.6. The van der Waals surface area contributed by atoms with Gasteiger partial charge in [0, 0.05) is 17.0 Å². The zero-order valence-electron chi connectivity index (χ0n) is 22.9. The Hall–Kier alpha value is -4.36. The molecular formula is C33H32N4O2S. The number of nitrogens with one attached hydrogen (secondary N) is 1. The van der Waals surface area contributed by atoms with E-state index in [1.807, 2.05) is 18.2 Å². The van der Waals surface area contributed by atoms with E-state index >= 15 is 0 Å². The molecule has 1 unspecified atom stereocenters. The van der Waals surface area contributed by atoms with E-state index in [0.717, 1.165) is 22.2 Å². The number of hydrogen-bond donors (Lipinski definition) is 1. The van der Waals surface area contributed by atoms with Crippen molar-refractivity contribution in [2.75, 3.05) is 7.11 Å². The Labute approximate surface area is 239 Å². The Morgan fingerprint density at radius 2 is 1.57 bits per heavy atom. The van der Waals surface area contributed by atoms with Crippen molar-refractivity contribution in [1.29, 1.82) is 0 Å². The Morgan fingerprint density at radius 1 is 0.850 bits per heavy atom.